The first-order valence-corrected chi connectivity index (χ1v) is 18.4. The minimum Gasteiger partial charge on any atom is -0.416 e. The Labute approximate surface area is 192 Å². The molecule has 4 atom stereocenters. The first kappa shape index (κ1) is 30.2. The van der Waals surface area contributed by atoms with Gasteiger partial charge < -0.3 is 57.2 Å². The average molecular weight is 521 g/mol. The van der Waals surface area contributed by atoms with Crippen LogP contribution in [0.3, 0.4) is 0 Å². The Morgan fingerprint density at radius 2 is 1.09 bits per heavy atom. The lowest BCUT2D eigenvalue weighted by atomic mass is 10.5. The maximum absolute atomic E-state index is 9.34. The Morgan fingerprint density at radius 1 is 0.656 bits per heavy atom. The quantitative estimate of drug-likeness (QED) is 0.0787. The molecule has 192 valence electrons. The third-order valence-electron chi connectivity index (χ3n) is 4.69. The number of aliphatic hydroxyl groups excluding tert-OH is 4. The Hall–Kier alpha value is 0.171. The van der Waals surface area contributed by atoms with Crippen LogP contribution in [0.2, 0.25) is 37.8 Å². The predicted octanol–water partition coefficient (Wildman–Crippen LogP) is -0.972. The smallest absolute Gasteiger partial charge is 0.319 e. The monoisotopic (exact) mass is 520 g/mol. The third kappa shape index (κ3) is 12.6. The zero-order valence-corrected chi connectivity index (χ0v) is 22.1. The Kier molecular flexibility index (Phi) is 13.7. The summed E-state index contributed by atoms with van der Waals surface area (Å²) < 4.78 is 35.0. The zero-order valence-electron chi connectivity index (χ0n) is 19.1. The summed E-state index contributed by atoms with van der Waals surface area (Å²) in [6, 6.07) is 1.75. The van der Waals surface area contributed by atoms with Crippen molar-refractivity contribution in [3.8, 4) is 0 Å². The van der Waals surface area contributed by atoms with Gasteiger partial charge in [-0.1, -0.05) is 0 Å². The van der Waals surface area contributed by atoms with Gasteiger partial charge in [-0.15, -0.1) is 0 Å². The molecule has 4 unspecified atom stereocenters. The normalized spacial score (nSPS) is 29.7. The summed E-state index contributed by atoms with van der Waals surface area (Å²) in [5.74, 6) is 0. The molecular weight excluding hydrogens is 480 g/mol. The number of hydrogen-bond donors (Lipinski definition) is 6. The van der Waals surface area contributed by atoms with Crippen LogP contribution in [-0.4, -0.2) is 115 Å². The maximum atomic E-state index is 9.34. The number of ether oxygens (including phenoxy) is 3. The van der Waals surface area contributed by atoms with Crippen molar-refractivity contribution < 1.29 is 57.2 Å². The fourth-order valence-corrected chi connectivity index (χ4v) is 20.7. The molecule has 12 nitrogen and oxygen atoms in total. The molecule has 0 aromatic carbocycles. The fraction of sp³-hybridized carbons (Fsp3) is 1.00. The summed E-state index contributed by atoms with van der Waals surface area (Å²) in [6.07, 6.45) is -3.04. The molecule has 1 aliphatic rings. The SMILES string of the molecule is C[Si]1(CCCOCC(O)O)O[Si](C)(CCCOC(O)CO)O[Si](C)(CCOCC(O)O)O1. The summed E-state index contributed by atoms with van der Waals surface area (Å²) in [4.78, 5) is 0. The lowest BCUT2D eigenvalue weighted by Gasteiger charge is -2.50. The highest BCUT2D eigenvalue weighted by Crippen LogP contribution is 2.37. The van der Waals surface area contributed by atoms with Gasteiger partial charge in [0.1, 0.15) is 0 Å². The van der Waals surface area contributed by atoms with Gasteiger partial charge in [-0.05, 0) is 44.6 Å². The molecule has 0 amide bonds. The molecule has 32 heavy (non-hydrogen) atoms. The Balaban J connectivity index is 2.73. The summed E-state index contributed by atoms with van der Waals surface area (Å²) in [6.45, 7) is 5.96. The topological polar surface area (TPSA) is 177 Å². The second kappa shape index (κ2) is 14.5. The molecule has 0 aliphatic carbocycles. The van der Waals surface area contributed by atoms with E-state index in [1.165, 1.54) is 0 Å². The van der Waals surface area contributed by atoms with E-state index in [9.17, 15) is 5.11 Å². The maximum Gasteiger partial charge on any atom is 0.319 e. The van der Waals surface area contributed by atoms with Gasteiger partial charge in [0.05, 0.1) is 19.8 Å². The molecule has 0 spiro atoms. The van der Waals surface area contributed by atoms with E-state index in [1.807, 2.05) is 19.6 Å². The zero-order chi connectivity index (χ0) is 24.3. The van der Waals surface area contributed by atoms with Crippen molar-refractivity contribution in [2.75, 3.05) is 39.6 Å². The van der Waals surface area contributed by atoms with Crippen molar-refractivity contribution in [1.29, 1.82) is 0 Å². The van der Waals surface area contributed by atoms with E-state index in [4.69, 9.17) is 52.1 Å². The first-order chi connectivity index (χ1) is 14.9. The number of aliphatic hydroxyl groups is 6. The number of rotatable bonds is 17. The van der Waals surface area contributed by atoms with E-state index in [1.54, 1.807) is 0 Å². The van der Waals surface area contributed by atoms with E-state index in [0.717, 1.165) is 0 Å². The third-order valence-corrected chi connectivity index (χ3v) is 18.7. The molecular formula is C17H40O12Si3. The summed E-state index contributed by atoms with van der Waals surface area (Å²) in [7, 11) is -8.00. The largest absolute Gasteiger partial charge is 0.416 e. The van der Waals surface area contributed by atoms with E-state index in [0.29, 0.717) is 37.6 Å². The van der Waals surface area contributed by atoms with Crippen molar-refractivity contribution in [1.82, 2.24) is 0 Å². The molecule has 1 fully saturated rings. The van der Waals surface area contributed by atoms with Crippen molar-refractivity contribution in [2.45, 2.75) is 69.5 Å². The lowest BCUT2D eigenvalue weighted by Crippen LogP contribution is -2.67. The minimum absolute atomic E-state index is 0.157. The molecule has 0 radical (unpaired) electrons. The molecule has 0 aromatic heterocycles. The van der Waals surface area contributed by atoms with Crippen molar-refractivity contribution in [2.24, 2.45) is 0 Å². The fourth-order valence-electron chi connectivity index (χ4n) is 3.53. The lowest BCUT2D eigenvalue weighted by molar-refractivity contribution is -0.124. The summed E-state index contributed by atoms with van der Waals surface area (Å²) >= 11 is 0. The second-order valence-electron chi connectivity index (χ2n) is 8.28. The van der Waals surface area contributed by atoms with Crippen LogP contribution in [0.1, 0.15) is 12.8 Å². The highest BCUT2D eigenvalue weighted by molar-refractivity contribution is 6.93. The molecule has 0 bridgehead atoms. The first-order valence-electron chi connectivity index (χ1n) is 10.8. The molecule has 1 rings (SSSR count). The van der Waals surface area contributed by atoms with Crippen molar-refractivity contribution >= 4 is 25.7 Å². The molecule has 1 aliphatic heterocycles. The Morgan fingerprint density at radius 3 is 1.56 bits per heavy atom. The molecule has 0 aromatic rings. The summed E-state index contributed by atoms with van der Waals surface area (Å²) in [5, 5.41) is 53.9. The summed E-state index contributed by atoms with van der Waals surface area (Å²) in [5.41, 5.74) is 0. The van der Waals surface area contributed by atoms with E-state index < -0.39 is 51.2 Å². The van der Waals surface area contributed by atoms with Crippen molar-refractivity contribution in [3.05, 3.63) is 0 Å². The van der Waals surface area contributed by atoms with E-state index in [-0.39, 0.29) is 26.4 Å². The second-order valence-corrected chi connectivity index (χ2v) is 19.0. The minimum atomic E-state index is -2.70. The molecule has 1 saturated heterocycles. The Bertz CT molecular complexity index is 519. The van der Waals surface area contributed by atoms with Crippen LogP contribution < -0.4 is 0 Å². The van der Waals surface area contributed by atoms with Gasteiger partial charge in [-0.25, -0.2) is 0 Å². The van der Waals surface area contributed by atoms with Crippen LogP contribution in [-0.2, 0) is 26.6 Å². The van der Waals surface area contributed by atoms with Gasteiger partial charge in [-0.3, -0.25) is 0 Å². The van der Waals surface area contributed by atoms with Gasteiger partial charge in [0.25, 0.3) is 0 Å². The van der Waals surface area contributed by atoms with Gasteiger partial charge in [-0.2, -0.15) is 0 Å². The number of hydrogen-bond acceptors (Lipinski definition) is 12. The van der Waals surface area contributed by atoms with Gasteiger partial charge in [0, 0.05) is 25.9 Å². The van der Waals surface area contributed by atoms with Gasteiger partial charge in [0.15, 0.2) is 18.9 Å². The van der Waals surface area contributed by atoms with Crippen LogP contribution in [0.4, 0.5) is 0 Å². The molecule has 15 heteroatoms. The molecule has 0 saturated carbocycles. The van der Waals surface area contributed by atoms with Crippen LogP contribution in [0, 0.1) is 0 Å². The molecule has 6 N–H and O–H groups in total. The molecule has 1 heterocycles. The van der Waals surface area contributed by atoms with Gasteiger partial charge in [0.2, 0.25) is 0 Å². The van der Waals surface area contributed by atoms with Crippen molar-refractivity contribution in [3.63, 3.8) is 0 Å². The highest BCUT2D eigenvalue weighted by Gasteiger charge is 2.55. The van der Waals surface area contributed by atoms with Crippen LogP contribution in [0.15, 0.2) is 0 Å². The van der Waals surface area contributed by atoms with E-state index >= 15 is 0 Å². The van der Waals surface area contributed by atoms with E-state index in [2.05, 4.69) is 0 Å². The van der Waals surface area contributed by atoms with Crippen LogP contribution in [0.5, 0.6) is 0 Å². The average Bonchev–Trinajstić information content (AvgIpc) is 2.66. The predicted molar refractivity (Wildman–Crippen MR) is 119 cm³/mol. The highest BCUT2D eigenvalue weighted by atomic mass is 28.5. The van der Waals surface area contributed by atoms with Gasteiger partial charge >= 0.3 is 25.7 Å². The van der Waals surface area contributed by atoms with Crippen LogP contribution >= 0.6 is 0 Å². The van der Waals surface area contributed by atoms with Crippen LogP contribution in [0.25, 0.3) is 0 Å². The standard InChI is InChI=1S/C17H40O12Si3/c1-30(9-4-6-24-13-15(19)20)27-31(2,10-5-7-26-17(23)12-18)29-32(3,28-30)11-8-25-14-16(21)22/h15-23H,4-14H2,1-3H3.